The van der Waals surface area contributed by atoms with Crippen LogP contribution in [0.3, 0.4) is 0 Å². The van der Waals surface area contributed by atoms with Gasteiger partial charge in [0.2, 0.25) is 0 Å². The van der Waals surface area contributed by atoms with Crippen molar-refractivity contribution in [3.8, 4) is 0 Å². The maximum Gasteiger partial charge on any atom is 2.00 e. The molecule has 0 aliphatic heterocycles. The topological polar surface area (TPSA) is 0 Å². The molecule has 0 unspecified atom stereocenters. The summed E-state index contributed by atoms with van der Waals surface area (Å²) in [5, 5.41) is 0. The maximum atomic E-state index is 2.99. The molecule has 0 nitrogen and oxygen atoms in total. The van der Waals surface area contributed by atoms with Gasteiger partial charge in [-0.1, -0.05) is 0 Å². The van der Waals surface area contributed by atoms with E-state index in [9.17, 15) is 0 Å². The van der Waals surface area contributed by atoms with Gasteiger partial charge in [0.25, 0.3) is 0 Å². The molecule has 0 heterocycles. The summed E-state index contributed by atoms with van der Waals surface area (Å²) in [7, 11) is 0. The second kappa shape index (κ2) is 14.8. The molecule has 0 spiro atoms. The Morgan fingerprint density at radius 1 is 0.769 bits per heavy atom. The zero-order valence-electron chi connectivity index (χ0n) is 7.08. The van der Waals surface area contributed by atoms with Crippen molar-refractivity contribution in [3.05, 3.63) is 48.6 Å². The van der Waals surface area contributed by atoms with E-state index in [-0.39, 0.29) is 47.2 Å². The van der Waals surface area contributed by atoms with Crippen LogP contribution in [0.4, 0.5) is 0 Å². The van der Waals surface area contributed by atoms with Crippen molar-refractivity contribution in [2.24, 2.45) is 0 Å². The molecule has 1 radical (unpaired) electrons. The van der Waals surface area contributed by atoms with E-state index in [4.69, 9.17) is 0 Å². The Balaban J connectivity index is -0.000000125. The van der Waals surface area contributed by atoms with E-state index >= 15 is 0 Å². The van der Waals surface area contributed by atoms with E-state index in [0.717, 1.165) is 12.8 Å². The number of hydrogen-bond donors (Lipinski definition) is 0. The van der Waals surface area contributed by atoms with Crippen molar-refractivity contribution in [2.75, 3.05) is 0 Å². The Hall–Kier alpha value is 0.280. The van der Waals surface area contributed by atoms with Crippen LogP contribution in [0.25, 0.3) is 0 Å². The van der Waals surface area contributed by atoms with Crippen LogP contribution in [-0.4, -0.2) is 0 Å². The minimum Gasteiger partial charge on any atom is -1.00 e. The van der Waals surface area contributed by atoms with E-state index in [1.54, 1.807) is 0 Å². The molecule has 0 aromatic heterocycles. The minimum atomic E-state index is 0. The van der Waals surface area contributed by atoms with Crippen LogP contribution in [0.2, 0.25) is 0 Å². The van der Waals surface area contributed by atoms with Crippen LogP contribution < -0.4 is 24.8 Å². The van der Waals surface area contributed by atoms with Crippen LogP contribution in [-0.2, 0) is 22.4 Å². The molecule has 2 aliphatic carbocycles. The third kappa shape index (κ3) is 12.3. The van der Waals surface area contributed by atoms with E-state index in [1.807, 2.05) is 24.3 Å². The van der Waals surface area contributed by atoms with Gasteiger partial charge in [-0.25, -0.2) is 24.3 Å². The number of halogens is 2. The monoisotopic (exact) mass is 293 g/mol. The Labute approximate surface area is 108 Å². The molecule has 13 heavy (non-hydrogen) atoms. The molecule has 0 saturated heterocycles. The maximum absolute atomic E-state index is 2.99. The standard InChI is InChI=1S/2C5H5.2ClH.Nb/c2*1-2-4-5-3-1;;;/h2*1-3H,4H2;2*1H;/q2*-1;;;+2/p-2. The van der Waals surface area contributed by atoms with E-state index in [0.29, 0.717) is 0 Å². The molecular formula is C10H10Cl2Nb-2. The Bertz CT molecular complexity index is 151. The second-order valence-electron chi connectivity index (χ2n) is 2.01. The average Bonchev–Trinajstić information content (AvgIpc) is 2.67. The molecular weight excluding hydrogens is 284 g/mol. The van der Waals surface area contributed by atoms with Gasteiger partial charge in [-0.15, -0.1) is 12.8 Å². The van der Waals surface area contributed by atoms with Gasteiger partial charge >= 0.3 is 22.4 Å². The van der Waals surface area contributed by atoms with E-state index < -0.39 is 0 Å². The summed E-state index contributed by atoms with van der Waals surface area (Å²) in [5.41, 5.74) is 0. The Morgan fingerprint density at radius 3 is 1.23 bits per heavy atom. The normalized spacial score (nSPS) is 13.5. The van der Waals surface area contributed by atoms with E-state index in [1.165, 1.54) is 0 Å². The van der Waals surface area contributed by atoms with Crippen LogP contribution in [0.1, 0.15) is 12.8 Å². The summed E-state index contributed by atoms with van der Waals surface area (Å²) in [6, 6.07) is 0. The molecule has 0 saturated carbocycles. The molecule has 0 bridgehead atoms. The molecule has 0 amide bonds. The van der Waals surface area contributed by atoms with Crippen LogP contribution in [0.5, 0.6) is 0 Å². The zero-order valence-corrected chi connectivity index (χ0v) is 10.8. The molecule has 0 fully saturated rings. The fourth-order valence-corrected chi connectivity index (χ4v) is 0.680. The molecule has 3 heteroatoms. The van der Waals surface area contributed by atoms with Gasteiger partial charge in [0, 0.05) is 0 Å². The van der Waals surface area contributed by atoms with Crippen LogP contribution in [0, 0.1) is 12.2 Å². The predicted molar refractivity (Wildman–Crippen MR) is 43.1 cm³/mol. The predicted octanol–water partition coefficient (Wildman–Crippen LogP) is -3.38. The van der Waals surface area contributed by atoms with Crippen molar-refractivity contribution >= 4 is 0 Å². The SMILES string of the molecule is [C-]1=CC=CC1.[C-]1=CC=CC1.[Cl-].[Cl-].[Nb+2]. The fraction of sp³-hybridized carbons (Fsp3) is 0.200. The molecule has 0 atom stereocenters. The summed E-state index contributed by atoms with van der Waals surface area (Å²) < 4.78 is 0. The summed E-state index contributed by atoms with van der Waals surface area (Å²) >= 11 is 0. The Morgan fingerprint density at radius 2 is 1.15 bits per heavy atom. The summed E-state index contributed by atoms with van der Waals surface area (Å²) in [5.74, 6) is 0. The van der Waals surface area contributed by atoms with Crippen molar-refractivity contribution in [1.29, 1.82) is 0 Å². The van der Waals surface area contributed by atoms with Gasteiger partial charge in [-0.2, -0.15) is 12.2 Å². The molecule has 2 rings (SSSR count). The van der Waals surface area contributed by atoms with Gasteiger partial charge in [0.1, 0.15) is 0 Å². The first kappa shape index (κ1) is 19.0. The Kier molecular flexibility index (Phi) is 21.6. The van der Waals surface area contributed by atoms with Crippen molar-refractivity contribution < 1.29 is 47.2 Å². The first-order chi connectivity index (χ1) is 5.00. The van der Waals surface area contributed by atoms with Crippen molar-refractivity contribution in [2.45, 2.75) is 12.8 Å². The fourth-order valence-electron chi connectivity index (χ4n) is 0.680. The largest absolute Gasteiger partial charge is 2.00 e. The number of allylic oxidation sites excluding steroid dienone is 8. The van der Waals surface area contributed by atoms with Crippen molar-refractivity contribution in [3.63, 3.8) is 0 Å². The van der Waals surface area contributed by atoms with Crippen LogP contribution in [0.15, 0.2) is 36.5 Å². The average molecular weight is 294 g/mol. The quantitative estimate of drug-likeness (QED) is 0.323. The molecule has 0 aromatic carbocycles. The smallest absolute Gasteiger partial charge is 1.00 e. The number of rotatable bonds is 0. The molecule has 0 N–H and O–H groups in total. The van der Waals surface area contributed by atoms with Crippen molar-refractivity contribution in [1.82, 2.24) is 0 Å². The van der Waals surface area contributed by atoms with Gasteiger partial charge in [-0.3, -0.25) is 12.2 Å². The molecule has 2 aliphatic rings. The van der Waals surface area contributed by atoms with E-state index in [2.05, 4.69) is 24.3 Å². The zero-order chi connectivity index (χ0) is 7.07. The van der Waals surface area contributed by atoms with Gasteiger partial charge in [-0.05, 0) is 0 Å². The summed E-state index contributed by atoms with van der Waals surface area (Å²) in [4.78, 5) is 0. The van der Waals surface area contributed by atoms with Crippen LogP contribution >= 0.6 is 0 Å². The second-order valence-corrected chi connectivity index (χ2v) is 2.01. The van der Waals surface area contributed by atoms with Gasteiger partial charge < -0.3 is 24.8 Å². The molecule has 0 aromatic rings. The molecule has 71 valence electrons. The number of hydrogen-bond acceptors (Lipinski definition) is 0. The first-order valence-electron chi connectivity index (χ1n) is 3.43. The van der Waals surface area contributed by atoms with Gasteiger partial charge in [0.15, 0.2) is 0 Å². The summed E-state index contributed by atoms with van der Waals surface area (Å²) in [6.07, 6.45) is 20.0. The summed E-state index contributed by atoms with van der Waals surface area (Å²) in [6.45, 7) is 0. The first-order valence-corrected chi connectivity index (χ1v) is 3.43. The van der Waals surface area contributed by atoms with Gasteiger partial charge in [0.05, 0.1) is 0 Å². The minimum absolute atomic E-state index is 0. The third-order valence-corrected chi connectivity index (χ3v) is 1.17. The third-order valence-electron chi connectivity index (χ3n) is 1.17.